The van der Waals surface area contributed by atoms with Crippen molar-refractivity contribution in [2.24, 2.45) is 4.99 Å². The Bertz CT molecular complexity index is 1780. The van der Waals surface area contributed by atoms with Gasteiger partial charge in [-0.1, -0.05) is 54.6 Å². The lowest BCUT2D eigenvalue weighted by Crippen LogP contribution is -2.56. The van der Waals surface area contributed by atoms with Crippen LogP contribution in [0.15, 0.2) is 59.6 Å². The van der Waals surface area contributed by atoms with E-state index in [4.69, 9.17) is 4.74 Å². The van der Waals surface area contributed by atoms with E-state index in [1.807, 2.05) is 12.1 Å². The quantitative estimate of drug-likeness (QED) is 0.233. The van der Waals surface area contributed by atoms with Gasteiger partial charge in [0.2, 0.25) is 0 Å². The molecule has 0 saturated carbocycles. The summed E-state index contributed by atoms with van der Waals surface area (Å²) in [5.74, 6) is -3.47. The highest BCUT2D eigenvalue weighted by atomic mass is 16.7. The normalized spacial score (nSPS) is 16.9. The van der Waals surface area contributed by atoms with Gasteiger partial charge in [0.25, 0.3) is 0 Å². The van der Waals surface area contributed by atoms with Gasteiger partial charge in [0, 0.05) is 13.1 Å². The summed E-state index contributed by atoms with van der Waals surface area (Å²) in [6, 6.07) is 15.6. The predicted molar refractivity (Wildman–Crippen MR) is 141 cm³/mol. The van der Waals surface area contributed by atoms with Crippen LogP contribution in [0.1, 0.15) is 47.6 Å². The first-order valence-electron chi connectivity index (χ1n) is 12.6. The molecular weight excluding hydrogens is 482 g/mol. The number of benzene rings is 3. The summed E-state index contributed by atoms with van der Waals surface area (Å²) in [7, 11) is 0. The molecule has 0 fully saturated rings. The molecule has 3 aliphatic rings. The smallest absolute Gasteiger partial charge is 0.374 e. The summed E-state index contributed by atoms with van der Waals surface area (Å²) in [5, 5.41) is 17.0. The zero-order chi connectivity index (χ0) is 26.4. The topological polar surface area (TPSA) is 102 Å². The van der Waals surface area contributed by atoms with Crippen molar-refractivity contribution in [2.45, 2.75) is 45.0 Å². The second-order valence-electron chi connectivity index (χ2n) is 9.75. The zero-order valence-corrected chi connectivity index (χ0v) is 20.8. The number of fused-ring (bicyclic) bond motifs is 5. The van der Waals surface area contributed by atoms with Gasteiger partial charge in [-0.25, -0.2) is 14.7 Å². The lowest BCUT2D eigenvalue weighted by molar-refractivity contribution is -0.662. The number of carbonyl (C=O) groups is 2. The fraction of sp³-hybridized carbons (Fsp3) is 0.233. The number of aliphatic imine (C=N–C) groups is 1. The predicted octanol–water partition coefficient (Wildman–Crippen LogP) is 3.43. The van der Waals surface area contributed by atoms with Gasteiger partial charge in [-0.05, 0) is 80.9 Å². The monoisotopic (exact) mass is 507 g/mol. The second-order valence-corrected chi connectivity index (χ2v) is 9.75. The molecule has 1 aliphatic heterocycles. The van der Waals surface area contributed by atoms with E-state index in [9.17, 15) is 19.7 Å². The molecule has 1 atom stereocenters. The fourth-order valence-corrected chi connectivity index (χ4v) is 5.80. The van der Waals surface area contributed by atoms with Crippen LogP contribution in [0.2, 0.25) is 0 Å². The molecule has 1 unspecified atom stereocenters. The van der Waals surface area contributed by atoms with Gasteiger partial charge in [-0.3, -0.25) is 14.9 Å². The third-order valence-electron chi connectivity index (χ3n) is 7.53. The molecule has 190 valence electrons. The van der Waals surface area contributed by atoms with Crippen LogP contribution in [0.25, 0.3) is 12.2 Å². The summed E-state index contributed by atoms with van der Waals surface area (Å²) in [5.41, 5.74) is 4.05. The Morgan fingerprint density at radius 1 is 1.05 bits per heavy atom. The number of carbonyl (C=O) groups excluding carboxylic acids is 2. The molecule has 38 heavy (non-hydrogen) atoms. The maximum absolute atomic E-state index is 13.2. The SMILES string of the molecule is CC(=O)OC(c1ccc2c(c1)=CCc1c3c(ccc1=2)=CCCC3)(N1Cc2ccccc2C=NC1=O)[N+](=O)[O-]. The Kier molecular flexibility index (Phi) is 5.67. The van der Waals surface area contributed by atoms with Crippen LogP contribution >= 0.6 is 0 Å². The van der Waals surface area contributed by atoms with E-state index < -0.39 is 22.8 Å². The summed E-state index contributed by atoms with van der Waals surface area (Å²) < 4.78 is 5.48. The first kappa shape index (κ1) is 23.8. The van der Waals surface area contributed by atoms with Crippen LogP contribution in [-0.2, 0) is 34.8 Å². The number of amides is 2. The average molecular weight is 508 g/mol. The molecule has 0 saturated heterocycles. The van der Waals surface area contributed by atoms with Crippen LogP contribution in [0.5, 0.6) is 0 Å². The van der Waals surface area contributed by atoms with Gasteiger partial charge in [0.1, 0.15) is 0 Å². The highest BCUT2D eigenvalue weighted by Gasteiger charge is 2.58. The molecule has 0 spiro atoms. The molecule has 2 amide bonds. The van der Waals surface area contributed by atoms with Gasteiger partial charge in [-0.15, -0.1) is 0 Å². The minimum absolute atomic E-state index is 0.0744. The highest BCUT2D eigenvalue weighted by molar-refractivity contribution is 5.94. The van der Waals surface area contributed by atoms with E-state index in [0.717, 1.165) is 46.7 Å². The highest BCUT2D eigenvalue weighted by Crippen LogP contribution is 2.34. The van der Waals surface area contributed by atoms with Crippen molar-refractivity contribution in [1.29, 1.82) is 0 Å². The summed E-state index contributed by atoms with van der Waals surface area (Å²) >= 11 is 0. The van der Waals surface area contributed by atoms with E-state index in [0.29, 0.717) is 17.5 Å². The Hall–Kier alpha value is -4.59. The molecule has 8 nitrogen and oxygen atoms in total. The van der Waals surface area contributed by atoms with Crippen LogP contribution in [0.4, 0.5) is 4.79 Å². The van der Waals surface area contributed by atoms with Gasteiger partial charge in [0.15, 0.2) is 0 Å². The first-order valence-corrected chi connectivity index (χ1v) is 12.6. The molecule has 0 bridgehead atoms. The summed E-state index contributed by atoms with van der Waals surface area (Å²) in [6.45, 7) is 0.939. The average Bonchev–Trinajstić information content (AvgIpc) is 3.09. The third-order valence-corrected chi connectivity index (χ3v) is 7.53. The molecule has 3 aromatic rings. The molecule has 2 aliphatic carbocycles. The molecule has 0 N–H and O–H groups in total. The molecule has 3 aromatic carbocycles. The molecule has 0 aromatic heterocycles. The summed E-state index contributed by atoms with van der Waals surface area (Å²) in [6.07, 6.45) is 9.64. The van der Waals surface area contributed by atoms with Crippen LogP contribution < -0.4 is 10.4 Å². The van der Waals surface area contributed by atoms with Crippen molar-refractivity contribution in [3.05, 3.63) is 113 Å². The number of urea groups is 1. The number of rotatable bonds is 4. The molecule has 8 heteroatoms. The van der Waals surface area contributed by atoms with E-state index in [2.05, 4.69) is 23.2 Å². The van der Waals surface area contributed by atoms with Crippen LogP contribution in [0, 0.1) is 20.6 Å². The van der Waals surface area contributed by atoms with Gasteiger partial charge in [0.05, 0.1) is 17.0 Å². The lowest BCUT2D eigenvalue weighted by Gasteiger charge is -2.33. The van der Waals surface area contributed by atoms with E-state index in [-0.39, 0.29) is 12.1 Å². The van der Waals surface area contributed by atoms with Crippen molar-refractivity contribution < 1.29 is 19.2 Å². The van der Waals surface area contributed by atoms with Crippen molar-refractivity contribution in [2.75, 3.05) is 0 Å². The van der Waals surface area contributed by atoms with Crippen LogP contribution in [0.3, 0.4) is 0 Å². The zero-order valence-electron chi connectivity index (χ0n) is 20.8. The number of nitrogens with zero attached hydrogens (tertiary/aromatic N) is 3. The van der Waals surface area contributed by atoms with E-state index in [1.54, 1.807) is 36.4 Å². The van der Waals surface area contributed by atoms with Gasteiger partial charge in [-0.2, -0.15) is 0 Å². The van der Waals surface area contributed by atoms with Crippen molar-refractivity contribution in [3.63, 3.8) is 0 Å². The van der Waals surface area contributed by atoms with Gasteiger partial charge >= 0.3 is 17.8 Å². The maximum Gasteiger partial charge on any atom is 0.484 e. The number of hydrogen-bond acceptors (Lipinski definition) is 5. The maximum atomic E-state index is 13.2. The molecule has 1 heterocycles. The van der Waals surface area contributed by atoms with Crippen LogP contribution in [-0.4, -0.2) is 28.0 Å². The second kappa shape index (κ2) is 9.06. The van der Waals surface area contributed by atoms with Crippen molar-refractivity contribution >= 4 is 30.4 Å². The minimum atomic E-state index is -2.59. The fourth-order valence-electron chi connectivity index (χ4n) is 5.80. The summed E-state index contributed by atoms with van der Waals surface area (Å²) in [4.78, 5) is 42.5. The minimum Gasteiger partial charge on any atom is -0.374 e. The largest absolute Gasteiger partial charge is 0.484 e. The van der Waals surface area contributed by atoms with Gasteiger partial charge < -0.3 is 4.74 Å². The third kappa shape index (κ3) is 3.72. The number of esters is 1. The Morgan fingerprint density at radius 3 is 2.68 bits per heavy atom. The molecule has 6 rings (SSSR count). The first-order chi connectivity index (χ1) is 18.4. The Balaban J connectivity index is 1.58. The number of nitro groups is 1. The Labute approximate surface area is 218 Å². The standard InChI is InChI=1S/C30H25N3O5/c1-19(34)38-30(33(36)37,32-18-23-8-3-2-7-22(23)17-31-29(32)35)24-12-15-26-21(16-24)11-14-27-25-9-5-4-6-20(25)10-13-28(26)27/h2-3,6-8,10-13,15-17H,4-5,9,14,18H2,1H3. The van der Waals surface area contributed by atoms with E-state index in [1.165, 1.54) is 22.6 Å². The Morgan fingerprint density at radius 2 is 1.87 bits per heavy atom. The lowest BCUT2D eigenvalue weighted by atomic mass is 9.88. The van der Waals surface area contributed by atoms with E-state index >= 15 is 0 Å². The van der Waals surface area contributed by atoms with Crippen molar-refractivity contribution in [1.82, 2.24) is 4.90 Å². The molecular formula is C30H25N3O5. The number of hydrogen-bond donors (Lipinski definition) is 0. The number of ether oxygens (including phenoxy) is 1. The molecule has 0 radical (unpaired) electrons. The van der Waals surface area contributed by atoms with Crippen molar-refractivity contribution in [3.8, 4) is 0 Å².